The summed E-state index contributed by atoms with van der Waals surface area (Å²) in [4.78, 5) is 16.0. The maximum Gasteiger partial charge on any atom is 0.238 e. The number of pyridine rings is 1. The van der Waals surface area contributed by atoms with Gasteiger partial charge in [0.1, 0.15) is 23.0 Å². The number of imidazole rings is 1. The summed E-state index contributed by atoms with van der Waals surface area (Å²) in [6, 6.07) is 7.21. The Morgan fingerprint density at radius 3 is 2.62 bits per heavy atom. The summed E-state index contributed by atoms with van der Waals surface area (Å²) in [5, 5.41) is 5.21. The smallest absolute Gasteiger partial charge is 0.238 e. The van der Waals surface area contributed by atoms with Gasteiger partial charge in [0, 0.05) is 36.8 Å². The number of benzene rings is 1. The van der Waals surface area contributed by atoms with Gasteiger partial charge in [-0.15, -0.1) is 5.10 Å². The van der Waals surface area contributed by atoms with Crippen LogP contribution in [-0.2, 0) is 6.54 Å². The fraction of sp³-hybridized carbons (Fsp3) is 0.407. The third-order valence-electron chi connectivity index (χ3n) is 7.27. The Hall–Kier alpha value is -3.46. The van der Waals surface area contributed by atoms with Crippen LogP contribution in [0.1, 0.15) is 55.1 Å². The van der Waals surface area contributed by atoms with Crippen molar-refractivity contribution in [1.29, 1.82) is 0 Å². The number of ether oxygens (including phenoxy) is 1. The average molecular weight is 522 g/mol. The molecule has 10 heteroatoms. The molecule has 0 saturated carbocycles. The van der Waals surface area contributed by atoms with Gasteiger partial charge in [-0.25, -0.2) is 24.0 Å². The Labute approximate surface area is 220 Å². The lowest BCUT2D eigenvalue weighted by molar-refractivity contribution is 0.396. The molecule has 3 aromatic heterocycles. The van der Waals surface area contributed by atoms with E-state index in [0.717, 1.165) is 68.1 Å². The highest BCUT2D eigenvalue weighted by molar-refractivity contribution is 6.31. The van der Waals surface area contributed by atoms with Crippen molar-refractivity contribution in [3.05, 3.63) is 64.7 Å². The monoisotopic (exact) mass is 521 g/mol. The molecule has 2 aliphatic heterocycles. The zero-order valence-corrected chi connectivity index (χ0v) is 21.7. The van der Waals surface area contributed by atoms with Gasteiger partial charge < -0.3 is 14.2 Å². The first-order valence-electron chi connectivity index (χ1n) is 12.8. The maximum atomic E-state index is 14.9. The average Bonchev–Trinajstić information content (AvgIpc) is 3.55. The molecule has 0 aliphatic carbocycles. The molecule has 4 aromatic rings. The number of aromatic nitrogens is 6. The predicted molar refractivity (Wildman–Crippen MR) is 140 cm³/mol. The second kappa shape index (κ2) is 9.78. The summed E-state index contributed by atoms with van der Waals surface area (Å²) in [6.07, 6.45) is 8.80. The number of rotatable bonds is 5. The third-order valence-corrected chi connectivity index (χ3v) is 7.59. The first-order chi connectivity index (χ1) is 18.0. The minimum absolute atomic E-state index is 0.0678. The van der Waals surface area contributed by atoms with E-state index in [4.69, 9.17) is 31.4 Å². The van der Waals surface area contributed by atoms with Crippen molar-refractivity contribution >= 4 is 17.3 Å². The quantitative estimate of drug-likeness (QED) is 0.343. The summed E-state index contributed by atoms with van der Waals surface area (Å²) in [7, 11) is 1.59. The van der Waals surface area contributed by atoms with Crippen LogP contribution in [0, 0.1) is 12.7 Å². The molecule has 0 unspecified atom stereocenters. The molecule has 192 valence electrons. The molecule has 2 aliphatic rings. The van der Waals surface area contributed by atoms with Crippen LogP contribution >= 0.6 is 11.6 Å². The van der Waals surface area contributed by atoms with Crippen LogP contribution in [-0.4, -0.2) is 49.5 Å². The molecular weight excluding hydrogens is 493 g/mol. The highest BCUT2D eigenvalue weighted by Gasteiger charge is 2.30. The second-order valence-electron chi connectivity index (χ2n) is 9.73. The lowest BCUT2D eigenvalue weighted by Crippen LogP contribution is -2.30. The van der Waals surface area contributed by atoms with E-state index in [1.54, 1.807) is 13.4 Å². The van der Waals surface area contributed by atoms with Crippen LogP contribution in [0.5, 0.6) is 5.88 Å². The van der Waals surface area contributed by atoms with Crippen LogP contribution in [0.15, 0.2) is 36.8 Å². The number of nitrogens with zero attached hydrogens (tertiary/aromatic N) is 7. The van der Waals surface area contributed by atoms with E-state index in [-0.39, 0.29) is 11.7 Å². The molecule has 1 saturated heterocycles. The van der Waals surface area contributed by atoms with Crippen molar-refractivity contribution in [2.24, 2.45) is 0 Å². The number of anilines is 1. The van der Waals surface area contributed by atoms with Crippen molar-refractivity contribution in [1.82, 2.24) is 29.3 Å². The van der Waals surface area contributed by atoms with Gasteiger partial charge in [0.15, 0.2) is 5.82 Å². The van der Waals surface area contributed by atoms with E-state index in [0.29, 0.717) is 28.1 Å². The first kappa shape index (κ1) is 23.9. The van der Waals surface area contributed by atoms with E-state index in [1.165, 1.54) is 12.5 Å². The van der Waals surface area contributed by atoms with Gasteiger partial charge in [0.05, 0.1) is 24.8 Å². The number of aryl methyl sites for hydroxylation is 2. The zero-order chi connectivity index (χ0) is 25.5. The SMILES string of the molecule is COc1nc(-c2nc3n(n2)CCC[C@@H]3c2cc(N3CCCCC3)c(F)cc2Cl)ccc1-n1cnc(C)c1. The standard InChI is InChI=1S/C27H29ClFN7O/c1-17-15-35(16-30-17)23-9-8-22(31-27(23)37-2)25-32-26-18(7-6-12-36(26)33-25)19-13-24(21(29)14-20(19)28)34-10-4-3-5-11-34/h8-9,13-16,18H,3-7,10-12H2,1-2H3/t18-/m1/s1. The van der Waals surface area contributed by atoms with Crippen LogP contribution < -0.4 is 9.64 Å². The summed E-state index contributed by atoms with van der Waals surface area (Å²) in [6.45, 7) is 4.43. The van der Waals surface area contributed by atoms with Crippen LogP contribution in [0.4, 0.5) is 10.1 Å². The van der Waals surface area contributed by atoms with Gasteiger partial charge in [0.25, 0.3) is 0 Å². The fourth-order valence-corrected chi connectivity index (χ4v) is 5.69. The predicted octanol–water partition coefficient (Wildman–Crippen LogP) is 5.55. The Morgan fingerprint density at radius 2 is 1.86 bits per heavy atom. The van der Waals surface area contributed by atoms with Gasteiger partial charge >= 0.3 is 0 Å². The second-order valence-corrected chi connectivity index (χ2v) is 10.1. The molecule has 0 spiro atoms. The highest BCUT2D eigenvalue weighted by Crippen LogP contribution is 2.40. The number of piperidine rings is 1. The Bertz CT molecular complexity index is 1440. The van der Waals surface area contributed by atoms with Crippen molar-refractivity contribution in [2.75, 3.05) is 25.1 Å². The molecule has 0 N–H and O–H groups in total. The summed E-state index contributed by atoms with van der Waals surface area (Å²) < 4.78 is 24.3. The van der Waals surface area contributed by atoms with Gasteiger partial charge in [-0.2, -0.15) is 0 Å². The molecule has 0 bridgehead atoms. The van der Waals surface area contributed by atoms with E-state index in [1.807, 2.05) is 40.6 Å². The van der Waals surface area contributed by atoms with Crippen molar-refractivity contribution in [3.8, 4) is 23.1 Å². The minimum Gasteiger partial charge on any atom is -0.479 e. The topological polar surface area (TPSA) is 73.9 Å². The molecule has 1 aromatic carbocycles. The van der Waals surface area contributed by atoms with Crippen molar-refractivity contribution in [3.63, 3.8) is 0 Å². The zero-order valence-electron chi connectivity index (χ0n) is 21.0. The number of hydrogen-bond acceptors (Lipinski definition) is 6. The molecule has 8 nitrogen and oxygen atoms in total. The van der Waals surface area contributed by atoms with Gasteiger partial charge in [-0.05, 0) is 68.9 Å². The van der Waals surface area contributed by atoms with E-state index < -0.39 is 0 Å². The van der Waals surface area contributed by atoms with Crippen molar-refractivity contribution < 1.29 is 9.13 Å². The minimum atomic E-state index is -0.266. The molecular formula is C27H29ClFN7O. The Kier molecular flexibility index (Phi) is 6.32. The molecule has 1 atom stereocenters. The van der Waals surface area contributed by atoms with Gasteiger partial charge in [0.2, 0.25) is 5.88 Å². The number of halogens is 2. The third kappa shape index (κ3) is 4.45. The molecule has 0 amide bonds. The number of fused-ring (bicyclic) bond motifs is 1. The first-order valence-corrected chi connectivity index (χ1v) is 13.1. The van der Waals surface area contributed by atoms with E-state index in [2.05, 4.69) is 9.88 Å². The fourth-order valence-electron chi connectivity index (χ4n) is 5.41. The Morgan fingerprint density at radius 1 is 1.03 bits per heavy atom. The van der Waals surface area contributed by atoms with Gasteiger partial charge in [-0.3, -0.25) is 0 Å². The lowest BCUT2D eigenvalue weighted by atomic mass is 9.90. The summed E-state index contributed by atoms with van der Waals surface area (Å²) in [5.74, 6) is 1.49. The molecule has 6 rings (SSSR count). The number of methoxy groups -OCH3 is 1. The van der Waals surface area contributed by atoms with E-state index in [9.17, 15) is 4.39 Å². The maximum absolute atomic E-state index is 14.9. The van der Waals surface area contributed by atoms with Crippen molar-refractivity contribution in [2.45, 2.75) is 51.5 Å². The molecule has 5 heterocycles. The number of hydrogen-bond donors (Lipinski definition) is 0. The largest absolute Gasteiger partial charge is 0.479 e. The Balaban J connectivity index is 1.36. The van der Waals surface area contributed by atoms with Crippen LogP contribution in [0.2, 0.25) is 5.02 Å². The molecule has 1 fully saturated rings. The molecule has 37 heavy (non-hydrogen) atoms. The molecule has 0 radical (unpaired) electrons. The summed E-state index contributed by atoms with van der Waals surface area (Å²) in [5.41, 5.74) is 3.85. The normalized spacial score (nSPS) is 17.6. The lowest BCUT2D eigenvalue weighted by Gasteiger charge is -2.31. The van der Waals surface area contributed by atoms with Crippen LogP contribution in [0.25, 0.3) is 17.2 Å². The van der Waals surface area contributed by atoms with Gasteiger partial charge in [-0.1, -0.05) is 11.6 Å². The highest BCUT2D eigenvalue weighted by atomic mass is 35.5. The summed E-state index contributed by atoms with van der Waals surface area (Å²) >= 11 is 6.63. The van der Waals surface area contributed by atoms with Crippen LogP contribution in [0.3, 0.4) is 0 Å². The van der Waals surface area contributed by atoms with E-state index >= 15 is 0 Å².